The second-order valence-corrected chi connectivity index (χ2v) is 11.5. The van der Waals surface area contributed by atoms with E-state index in [9.17, 15) is 19.2 Å². The van der Waals surface area contributed by atoms with Crippen molar-refractivity contribution in [3.05, 3.63) is 29.3 Å². The summed E-state index contributed by atoms with van der Waals surface area (Å²) in [5, 5.41) is 5.33. The van der Waals surface area contributed by atoms with Crippen LogP contribution >= 0.6 is 0 Å². The van der Waals surface area contributed by atoms with E-state index >= 15 is 0 Å². The molecule has 4 amide bonds. The SMILES string of the molecule is CCC(C)COCCOCCOCCOCCOCCOCCOCCOCCNc1cccc2c1C(=O)N(C1CCC(=O)NC1=O)C2=O. The molecule has 1 saturated heterocycles. The molecule has 49 heavy (non-hydrogen) atoms. The molecule has 0 aliphatic carbocycles. The highest BCUT2D eigenvalue weighted by molar-refractivity contribution is 6.25. The van der Waals surface area contributed by atoms with Crippen LogP contribution in [0.4, 0.5) is 5.69 Å². The molecule has 2 unspecified atom stereocenters. The van der Waals surface area contributed by atoms with Gasteiger partial charge < -0.3 is 43.2 Å². The Morgan fingerprint density at radius 2 is 1.20 bits per heavy atom. The third-order valence-electron chi connectivity index (χ3n) is 7.73. The first-order chi connectivity index (χ1) is 23.9. The van der Waals surface area contributed by atoms with Crippen molar-refractivity contribution in [1.29, 1.82) is 0 Å². The minimum atomic E-state index is -1.01. The Kier molecular flexibility index (Phi) is 19.9. The maximum Gasteiger partial charge on any atom is 0.264 e. The fraction of sp³-hybridized carbons (Fsp3) is 0.706. The molecule has 2 aliphatic rings. The Balaban J connectivity index is 1.07. The number of nitrogens with one attached hydrogen (secondary N) is 2. The Morgan fingerprint density at radius 3 is 1.69 bits per heavy atom. The molecule has 1 aromatic rings. The van der Waals surface area contributed by atoms with Crippen LogP contribution in [0.25, 0.3) is 0 Å². The number of hydrogen-bond donors (Lipinski definition) is 2. The number of anilines is 1. The van der Waals surface area contributed by atoms with Gasteiger partial charge >= 0.3 is 0 Å². The van der Waals surface area contributed by atoms with Crippen molar-refractivity contribution in [2.24, 2.45) is 5.92 Å². The third kappa shape index (κ3) is 14.8. The summed E-state index contributed by atoms with van der Waals surface area (Å²) in [6.07, 6.45) is 1.30. The Hall–Kier alpha value is -3.02. The summed E-state index contributed by atoms with van der Waals surface area (Å²) >= 11 is 0. The van der Waals surface area contributed by atoms with Crippen molar-refractivity contribution < 1.29 is 57.1 Å². The van der Waals surface area contributed by atoms with Gasteiger partial charge in [0.25, 0.3) is 11.8 Å². The third-order valence-corrected chi connectivity index (χ3v) is 7.73. The molecule has 15 nitrogen and oxygen atoms in total. The lowest BCUT2D eigenvalue weighted by Crippen LogP contribution is -2.54. The first-order valence-corrected chi connectivity index (χ1v) is 17.1. The van der Waals surface area contributed by atoms with E-state index < -0.39 is 29.7 Å². The summed E-state index contributed by atoms with van der Waals surface area (Å²) in [5.41, 5.74) is 0.920. The highest BCUT2D eigenvalue weighted by Crippen LogP contribution is 2.32. The highest BCUT2D eigenvalue weighted by Gasteiger charge is 2.45. The zero-order valence-corrected chi connectivity index (χ0v) is 28.9. The molecule has 276 valence electrons. The lowest BCUT2D eigenvalue weighted by atomic mass is 10.0. The van der Waals surface area contributed by atoms with Crippen LogP contribution in [0.15, 0.2) is 18.2 Å². The lowest BCUT2D eigenvalue weighted by Gasteiger charge is -2.27. The van der Waals surface area contributed by atoms with Gasteiger partial charge in [0, 0.05) is 25.3 Å². The van der Waals surface area contributed by atoms with Gasteiger partial charge in [-0.2, -0.15) is 0 Å². The van der Waals surface area contributed by atoms with Crippen LogP contribution in [0.2, 0.25) is 0 Å². The molecule has 15 heteroatoms. The van der Waals surface area contributed by atoms with Gasteiger partial charge in [-0.1, -0.05) is 26.3 Å². The number of piperidine rings is 1. The smallest absolute Gasteiger partial charge is 0.264 e. The van der Waals surface area contributed by atoms with Crippen molar-refractivity contribution >= 4 is 29.3 Å². The molecular formula is C34H53N3O12. The summed E-state index contributed by atoms with van der Waals surface area (Å²) in [7, 11) is 0. The Labute approximate surface area is 288 Å². The van der Waals surface area contributed by atoms with E-state index in [0.717, 1.165) is 17.9 Å². The van der Waals surface area contributed by atoms with Crippen molar-refractivity contribution in [2.75, 3.05) is 118 Å². The predicted octanol–water partition coefficient (Wildman–Crippen LogP) is 1.68. The molecule has 2 N–H and O–H groups in total. The fourth-order valence-electron chi connectivity index (χ4n) is 4.86. The van der Waals surface area contributed by atoms with E-state index in [2.05, 4.69) is 24.5 Å². The molecule has 0 saturated carbocycles. The molecule has 3 rings (SSSR count). The normalized spacial score (nSPS) is 16.7. The molecular weight excluding hydrogens is 642 g/mol. The first-order valence-electron chi connectivity index (χ1n) is 17.1. The minimum absolute atomic E-state index is 0.0696. The topological polar surface area (TPSA) is 169 Å². The van der Waals surface area contributed by atoms with E-state index in [0.29, 0.717) is 117 Å². The molecule has 2 atom stereocenters. The molecule has 2 heterocycles. The van der Waals surface area contributed by atoms with Crippen LogP contribution in [0, 0.1) is 5.92 Å². The number of ether oxygens (including phenoxy) is 8. The number of fused-ring (bicyclic) bond motifs is 1. The van der Waals surface area contributed by atoms with Crippen LogP contribution in [0.3, 0.4) is 0 Å². The number of carbonyl (C=O) groups excluding carboxylic acids is 4. The first kappa shape index (κ1) is 40.4. The monoisotopic (exact) mass is 695 g/mol. The summed E-state index contributed by atoms with van der Waals surface area (Å²) in [4.78, 5) is 50.8. The van der Waals surface area contributed by atoms with Crippen LogP contribution < -0.4 is 10.6 Å². The van der Waals surface area contributed by atoms with E-state index in [1.165, 1.54) is 0 Å². The van der Waals surface area contributed by atoms with Gasteiger partial charge in [-0.15, -0.1) is 0 Å². The van der Waals surface area contributed by atoms with Crippen molar-refractivity contribution in [3.8, 4) is 0 Å². The molecule has 1 aromatic carbocycles. The van der Waals surface area contributed by atoms with E-state index in [1.54, 1.807) is 18.2 Å². The average molecular weight is 696 g/mol. The van der Waals surface area contributed by atoms with Gasteiger partial charge in [0.1, 0.15) is 6.04 Å². The van der Waals surface area contributed by atoms with Crippen molar-refractivity contribution in [2.45, 2.75) is 39.2 Å². The Bertz CT molecular complexity index is 1150. The minimum Gasteiger partial charge on any atom is -0.382 e. The van der Waals surface area contributed by atoms with Crippen LogP contribution in [-0.4, -0.2) is 147 Å². The molecule has 2 aliphatic heterocycles. The van der Waals surface area contributed by atoms with Crippen molar-refractivity contribution in [1.82, 2.24) is 10.2 Å². The van der Waals surface area contributed by atoms with Crippen LogP contribution in [-0.2, 0) is 47.5 Å². The summed E-state index contributed by atoms with van der Waals surface area (Å²) in [6.45, 7) is 12.6. The highest BCUT2D eigenvalue weighted by atomic mass is 16.6. The van der Waals surface area contributed by atoms with Gasteiger partial charge in [-0.3, -0.25) is 29.4 Å². The van der Waals surface area contributed by atoms with Gasteiger partial charge in [-0.25, -0.2) is 0 Å². The fourth-order valence-corrected chi connectivity index (χ4v) is 4.86. The van der Waals surface area contributed by atoms with E-state index in [4.69, 9.17) is 37.9 Å². The van der Waals surface area contributed by atoms with Crippen LogP contribution in [0.1, 0.15) is 53.8 Å². The van der Waals surface area contributed by atoms with Crippen molar-refractivity contribution in [3.63, 3.8) is 0 Å². The van der Waals surface area contributed by atoms with Gasteiger partial charge in [-0.05, 0) is 24.5 Å². The number of imide groups is 2. The molecule has 1 fully saturated rings. The number of carbonyl (C=O) groups is 4. The summed E-state index contributed by atoms with van der Waals surface area (Å²) in [6, 6.07) is 3.92. The second kappa shape index (κ2) is 24.2. The van der Waals surface area contributed by atoms with E-state index in [1.807, 2.05) is 0 Å². The van der Waals surface area contributed by atoms with E-state index in [-0.39, 0.29) is 24.0 Å². The second-order valence-electron chi connectivity index (χ2n) is 11.5. The standard InChI is InChI=1S/C34H53N3O12/c1-3-26(2)25-49-24-23-48-22-21-47-20-19-46-18-17-45-16-15-44-14-13-43-12-11-42-10-9-35-28-6-4-5-27-31(28)34(41)37(33(27)40)29-7-8-30(38)36-32(29)39/h4-6,26,29,35H,3,7-25H2,1-2H3,(H,36,38,39). The lowest BCUT2D eigenvalue weighted by molar-refractivity contribution is -0.136. The number of hydrogen-bond acceptors (Lipinski definition) is 13. The largest absolute Gasteiger partial charge is 0.382 e. The number of rotatable bonds is 29. The maximum atomic E-state index is 13.1. The Morgan fingerprint density at radius 1 is 0.714 bits per heavy atom. The average Bonchev–Trinajstić information content (AvgIpc) is 3.35. The van der Waals surface area contributed by atoms with Crippen LogP contribution in [0.5, 0.6) is 0 Å². The maximum absolute atomic E-state index is 13.1. The number of nitrogens with zero attached hydrogens (tertiary/aromatic N) is 1. The zero-order valence-electron chi connectivity index (χ0n) is 28.9. The van der Waals surface area contributed by atoms with Gasteiger partial charge in [0.05, 0.1) is 110 Å². The predicted molar refractivity (Wildman–Crippen MR) is 178 cm³/mol. The van der Waals surface area contributed by atoms with Gasteiger partial charge in [0.2, 0.25) is 11.8 Å². The molecule has 0 aromatic heterocycles. The number of benzene rings is 1. The zero-order chi connectivity index (χ0) is 35.1. The summed E-state index contributed by atoms with van der Waals surface area (Å²) in [5.74, 6) is -1.57. The van der Waals surface area contributed by atoms with Gasteiger partial charge in [0.15, 0.2) is 0 Å². The molecule has 0 spiro atoms. The quantitative estimate of drug-likeness (QED) is 0.0918. The number of amides is 4. The summed E-state index contributed by atoms with van der Waals surface area (Å²) < 4.78 is 44.0. The molecule has 0 bridgehead atoms. The molecule has 0 radical (unpaired) electrons.